The molecule has 0 aromatic heterocycles. The Kier molecular flexibility index (Phi) is 2.44. The van der Waals surface area contributed by atoms with Crippen molar-refractivity contribution in [1.29, 1.82) is 0 Å². The number of hydrogen-bond donors (Lipinski definition) is 1. The van der Waals surface area contributed by atoms with Crippen molar-refractivity contribution in [3.8, 4) is 0 Å². The first-order valence-corrected chi connectivity index (χ1v) is 7.53. The first-order chi connectivity index (χ1) is 8.30. The average Bonchev–Trinajstić information content (AvgIpc) is 2.10. The van der Waals surface area contributed by atoms with Crippen LogP contribution in [0.15, 0.2) is 0 Å². The molecule has 4 fully saturated rings. The maximum atomic E-state index is 11.7. The second-order valence-corrected chi connectivity index (χ2v) is 8.29. The van der Waals surface area contributed by atoms with Gasteiger partial charge in [0.2, 0.25) is 0 Å². The summed E-state index contributed by atoms with van der Waals surface area (Å²) in [4.78, 5) is 11.7. The van der Waals surface area contributed by atoms with E-state index in [1.165, 1.54) is 25.7 Å². The predicted octanol–water partition coefficient (Wildman–Crippen LogP) is 4.09. The summed E-state index contributed by atoms with van der Waals surface area (Å²) < 4.78 is 0. The maximum Gasteiger partial charge on any atom is 0.307 e. The van der Waals surface area contributed by atoms with E-state index in [0.29, 0.717) is 10.8 Å². The zero-order chi connectivity index (χ0) is 13.2. The minimum Gasteiger partial charge on any atom is -0.481 e. The summed E-state index contributed by atoms with van der Waals surface area (Å²) in [5.74, 6) is 0.135. The van der Waals surface area contributed by atoms with Crippen LogP contribution in [-0.2, 0) is 4.79 Å². The molecular weight excluding hydrogens is 224 g/mol. The SMILES string of the molecule is CCC(C(=O)O)C12CC3CC(C)(CC(C)(C3)C1)C2. The van der Waals surface area contributed by atoms with Crippen LogP contribution in [0.5, 0.6) is 0 Å². The molecule has 18 heavy (non-hydrogen) atoms. The van der Waals surface area contributed by atoms with Crippen LogP contribution in [0.25, 0.3) is 0 Å². The molecule has 0 aromatic rings. The molecule has 4 bridgehead atoms. The zero-order valence-electron chi connectivity index (χ0n) is 12.0. The Bertz CT molecular complexity index is 369. The Morgan fingerprint density at radius 3 is 2.11 bits per heavy atom. The van der Waals surface area contributed by atoms with Gasteiger partial charge in [-0.2, -0.15) is 0 Å². The third-order valence-corrected chi connectivity index (χ3v) is 6.11. The summed E-state index contributed by atoms with van der Waals surface area (Å²) in [5, 5.41) is 9.60. The molecule has 0 saturated heterocycles. The fourth-order valence-electron chi connectivity index (χ4n) is 6.79. The molecule has 2 nitrogen and oxygen atoms in total. The van der Waals surface area contributed by atoms with Gasteiger partial charge in [-0.3, -0.25) is 4.79 Å². The van der Waals surface area contributed by atoms with Gasteiger partial charge in [0.25, 0.3) is 0 Å². The Morgan fingerprint density at radius 1 is 1.17 bits per heavy atom. The number of aliphatic carboxylic acids is 1. The van der Waals surface area contributed by atoms with E-state index >= 15 is 0 Å². The summed E-state index contributed by atoms with van der Waals surface area (Å²) in [6.45, 7) is 6.89. The maximum absolute atomic E-state index is 11.7. The van der Waals surface area contributed by atoms with Crippen molar-refractivity contribution < 1.29 is 9.90 Å². The van der Waals surface area contributed by atoms with Gasteiger partial charge in [-0.05, 0) is 67.1 Å². The molecule has 4 rings (SSSR count). The van der Waals surface area contributed by atoms with Crippen molar-refractivity contribution in [2.75, 3.05) is 0 Å². The van der Waals surface area contributed by atoms with E-state index in [2.05, 4.69) is 20.8 Å². The normalized spacial score (nSPS) is 51.4. The molecule has 4 aliphatic carbocycles. The molecule has 4 aliphatic rings. The minimum absolute atomic E-state index is 0.112. The summed E-state index contributed by atoms with van der Waals surface area (Å²) in [5.41, 5.74) is 0.970. The van der Waals surface area contributed by atoms with Crippen LogP contribution in [0.1, 0.15) is 65.7 Å². The monoisotopic (exact) mass is 250 g/mol. The molecule has 4 saturated carbocycles. The molecule has 3 atom stereocenters. The summed E-state index contributed by atoms with van der Waals surface area (Å²) in [7, 11) is 0. The molecule has 102 valence electrons. The van der Waals surface area contributed by atoms with Crippen molar-refractivity contribution >= 4 is 5.97 Å². The molecule has 0 aromatic carbocycles. The zero-order valence-corrected chi connectivity index (χ0v) is 12.0. The number of carbonyl (C=O) groups is 1. The van der Waals surface area contributed by atoms with Crippen LogP contribution >= 0.6 is 0 Å². The summed E-state index contributed by atoms with van der Waals surface area (Å²) in [6, 6.07) is 0. The van der Waals surface area contributed by atoms with Crippen LogP contribution in [0.2, 0.25) is 0 Å². The first kappa shape index (κ1) is 12.5. The smallest absolute Gasteiger partial charge is 0.307 e. The van der Waals surface area contributed by atoms with E-state index in [4.69, 9.17) is 0 Å². The number of hydrogen-bond acceptors (Lipinski definition) is 1. The molecule has 0 spiro atoms. The highest BCUT2D eigenvalue weighted by Crippen LogP contribution is 2.71. The van der Waals surface area contributed by atoms with E-state index < -0.39 is 5.97 Å². The Hall–Kier alpha value is -0.530. The van der Waals surface area contributed by atoms with Gasteiger partial charge >= 0.3 is 5.97 Å². The van der Waals surface area contributed by atoms with Crippen LogP contribution in [0.3, 0.4) is 0 Å². The highest BCUT2D eigenvalue weighted by Gasteiger charge is 2.62. The van der Waals surface area contributed by atoms with E-state index in [1.807, 2.05) is 0 Å². The molecule has 1 N–H and O–H groups in total. The average molecular weight is 250 g/mol. The molecule has 3 unspecified atom stereocenters. The lowest BCUT2D eigenvalue weighted by atomic mass is 9.38. The lowest BCUT2D eigenvalue weighted by molar-refractivity contribution is -0.183. The standard InChI is InChI=1S/C16H26O2/c1-4-12(13(17)18)16-7-11-5-14(2,9-16)8-15(3,6-11)10-16/h11-12H,4-10H2,1-3H3,(H,17,18). The number of rotatable bonds is 3. The van der Waals surface area contributed by atoms with Crippen molar-refractivity contribution in [2.45, 2.75) is 65.7 Å². The van der Waals surface area contributed by atoms with Crippen molar-refractivity contribution in [2.24, 2.45) is 28.1 Å². The molecule has 0 radical (unpaired) electrons. The number of carboxylic acid groups (broad SMARTS) is 1. The van der Waals surface area contributed by atoms with Gasteiger partial charge in [-0.15, -0.1) is 0 Å². The third-order valence-electron chi connectivity index (χ3n) is 6.11. The Balaban J connectivity index is 2.00. The highest BCUT2D eigenvalue weighted by molar-refractivity contribution is 5.71. The van der Waals surface area contributed by atoms with Crippen molar-refractivity contribution in [1.82, 2.24) is 0 Å². The molecule has 0 amide bonds. The summed E-state index contributed by atoms with van der Waals surface area (Å²) >= 11 is 0. The summed E-state index contributed by atoms with van der Waals surface area (Å²) in [6.07, 6.45) is 8.33. The second kappa shape index (κ2) is 3.52. The lowest BCUT2D eigenvalue weighted by Crippen LogP contribution is -2.58. The highest BCUT2D eigenvalue weighted by atomic mass is 16.4. The van der Waals surface area contributed by atoms with Crippen molar-refractivity contribution in [3.63, 3.8) is 0 Å². The Labute approximate surface area is 110 Å². The van der Waals surface area contributed by atoms with Gasteiger partial charge in [0, 0.05) is 0 Å². The van der Waals surface area contributed by atoms with E-state index in [1.54, 1.807) is 0 Å². The van der Waals surface area contributed by atoms with Crippen LogP contribution in [-0.4, -0.2) is 11.1 Å². The minimum atomic E-state index is -0.549. The van der Waals surface area contributed by atoms with Crippen LogP contribution in [0.4, 0.5) is 0 Å². The van der Waals surface area contributed by atoms with Crippen LogP contribution < -0.4 is 0 Å². The predicted molar refractivity (Wildman–Crippen MR) is 71.3 cm³/mol. The first-order valence-electron chi connectivity index (χ1n) is 7.53. The fourth-order valence-corrected chi connectivity index (χ4v) is 6.79. The quantitative estimate of drug-likeness (QED) is 0.819. The van der Waals surface area contributed by atoms with Gasteiger partial charge in [-0.25, -0.2) is 0 Å². The Morgan fingerprint density at radius 2 is 1.72 bits per heavy atom. The van der Waals surface area contributed by atoms with Gasteiger partial charge in [0.15, 0.2) is 0 Å². The van der Waals surface area contributed by atoms with Crippen LogP contribution in [0, 0.1) is 28.1 Å². The largest absolute Gasteiger partial charge is 0.481 e. The van der Waals surface area contributed by atoms with E-state index in [-0.39, 0.29) is 11.3 Å². The van der Waals surface area contributed by atoms with E-state index in [9.17, 15) is 9.90 Å². The molecule has 0 heterocycles. The topological polar surface area (TPSA) is 37.3 Å². The van der Waals surface area contributed by atoms with Crippen molar-refractivity contribution in [3.05, 3.63) is 0 Å². The molecule has 2 heteroatoms. The van der Waals surface area contributed by atoms with Gasteiger partial charge in [0.1, 0.15) is 0 Å². The van der Waals surface area contributed by atoms with Gasteiger partial charge < -0.3 is 5.11 Å². The molecule has 0 aliphatic heterocycles. The lowest BCUT2D eigenvalue weighted by Gasteiger charge is -2.66. The molecular formula is C16H26O2. The fraction of sp³-hybridized carbons (Fsp3) is 0.938. The van der Waals surface area contributed by atoms with Gasteiger partial charge in [0.05, 0.1) is 5.92 Å². The van der Waals surface area contributed by atoms with E-state index in [0.717, 1.165) is 25.2 Å². The third kappa shape index (κ3) is 1.64. The second-order valence-electron chi connectivity index (χ2n) is 8.29. The number of carboxylic acids is 1. The van der Waals surface area contributed by atoms with Gasteiger partial charge in [-0.1, -0.05) is 20.8 Å².